The second-order valence-electron chi connectivity index (χ2n) is 6.82. The van der Waals surface area contributed by atoms with Gasteiger partial charge in [-0.25, -0.2) is 14.8 Å². The maximum atomic E-state index is 13.6. The predicted molar refractivity (Wildman–Crippen MR) is 118 cm³/mol. The van der Waals surface area contributed by atoms with Crippen LogP contribution in [0, 0.1) is 0 Å². The lowest BCUT2D eigenvalue weighted by Gasteiger charge is -2.12. The first-order valence-electron chi connectivity index (χ1n) is 9.55. The standard InChI is InChI=1S/C22H13Cl2F3N4O3/c23-12-6-7-15(17(24)8-12)18-9-14(34-31-18)11-33-20(32)16-10-28-21(30-19(16)22(25,26)27)29-13-4-2-1-3-5-13/h1-10H,11H2,(H,28,29,30). The fourth-order valence-corrected chi connectivity index (χ4v) is 3.38. The minimum Gasteiger partial charge on any atom is -0.454 e. The molecule has 2 aromatic heterocycles. The number of hydrogen-bond acceptors (Lipinski definition) is 7. The van der Waals surface area contributed by atoms with E-state index in [1.807, 2.05) is 0 Å². The van der Waals surface area contributed by atoms with E-state index in [9.17, 15) is 18.0 Å². The molecule has 34 heavy (non-hydrogen) atoms. The lowest BCUT2D eigenvalue weighted by Crippen LogP contribution is -2.19. The zero-order valence-electron chi connectivity index (χ0n) is 16.9. The Morgan fingerprint density at radius 1 is 1.09 bits per heavy atom. The number of carbonyl (C=O) groups excluding carboxylic acids is 1. The first-order valence-corrected chi connectivity index (χ1v) is 10.3. The van der Waals surface area contributed by atoms with Crippen LogP contribution in [0.5, 0.6) is 0 Å². The highest BCUT2D eigenvalue weighted by molar-refractivity contribution is 6.36. The van der Waals surface area contributed by atoms with Crippen molar-refractivity contribution in [2.24, 2.45) is 0 Å². The molecule has 2 heterocycles. The van der Waals surface area contributed by atoms with E-state index < -0.39 is 30.0 Å². The number of aromatic nitrogens is 3. The van der Waals surface area contributed by atoms with E-state index in [1.165, 1.54) is 12.1 Å². The van der Waals surface area contributed by atoms with Crippen molar-refractivity contribution in [2.45, 2.75) is 12.8 Å². The molecule has 0 bridgehead atoms. The summed E-state index contributed by atoms with van der Waals surface area (Å²) in [5.74, 6) is -1.51. The third kappa shape index (κ3) is 5.46. The summed E-state index contributed by atoms with van der Waals surface area (Å²) in [6.07, 6.45) is -4.17. The molecule has 0 aliphatic heterocycles. The summed E-state index contributed by atoms with van der Waals surface area (Å²) in [5.41, 5.74) is -0.943. The Morgan fingerprint density at radius 2 is 1.85 bits per heavy atom. The van der Waals surface area contributed by atoms with E-state index in [1.54, 1.807) is 42.5 Å². The Morgan fingerprint density at radius 3 is 2.56 bits per heavy atom. The molecule has 0 fully saturated rings. The highest BCUT2D eigenvalue weighted by atomic mass is 35.5. The summed E-state index contributed by atoms with van der Waals surface area (Å²) in [5, 5.41) is 7.23. The Labute approximate surface area is 200 Å². The van der Waals surface area contributed by atoms with Crippen LogP contribution >= 0.6 is 23.2 Å². The zero-order valence-corrected chi connectivity index (χ0v) is 18.4. The smallest absolute Gasteiger partial charge is 0.434 e. The summed E-state index contributed by atoms with van der Waals surface area (Å²) >= 11 is 12.0. The number of rotatable bonds is 6. The minimum atomic E-state index is -4.92. The maximum Gasteiger partial charge on any atom is 0.434 e. The van der Waals surface area contributed by atoms with Crippen molar-refractivity contribution in [3.63, 3.8) is 0 Å². The summed E-state index contributed by atoms with van der Waals surface area (Å²) in [6, 6.07) is 14.6. The van der Waals surface area contributed by atoms with Crippen molar-refractivity contribution in [3.05, 3.63) is 87.9 Å². The van der Waals surface area contributed by atoms with Crippen LogP contribution in [0.2, 0.25) is 10.0 Å². The normalized spacial score (nSPS) is 11.3. The van der Waals surface area contributed by atoms with E-state index in [0.717, 1.165) is 6.20 Å². The van der Waals surface area contributed by atoms with Crippen molar-refractivity contribution in [3.8, 4) is 11.3 Å². The van der Waals surface area contributed by atoms with E-state index in [0.29, 0.717) is 27.0 Å². The molecule has 0 aliphatic rings. The molecule has 2 aromatic carbocycles. The first kappa shape index (κ1) is 23.5. The summed E-state index contributed by atoms with van der Waals surface area (Å²) in [6.45, 7) is -0.474. The zero-order chi connectivity index (χ0) is 24.3. The number of carbonyl (C=O) groups is 1. The molecule has 0 saturated heterocycles. The van der Waals surface area contributed by atoms with Gasteiger partial charge in [-0.15, -0.1) is 0 Å². The van der Waals surface area contributed by atoms with Crippen molar-refractivity contribution in [1.29, 1.82) is 0 Å². The van der Waals surface area contributed by atoms with E-state index in [4.69, 9.17) is 32.5 Å². The Hall–Kier alpha value is -3.63. The number of ether oxygens (including phenoxy) is 1. The van der Waals surface area contributed by atoms with Crippen LogP contribution in [0.3, 0.4) is 0 Å². The van der Waals surface area contributed by atoms with Crippen molar-refractivity contribution >= 4 is 40.8 Å². The lowest BCUT2D eigenvalue weighted by atomic mass is 10.1. The van der Waals surface area contributed by atoms with Crippen LogP contribution in [0.1, 0.15) is 21.8 Å². The van der Waals surface area contributed by atoms with Gasteiger partial charge in [0.2, 0.25) is 5.95 Å². The number of nitrogens with one attached hydrogen (secondary N) is 1. The number of esters is 1. The fraction of sp³-hybridized carbons (Fsp3) is 0.0909. The van der Waals surface area contributed by atoms with E-state index in [2.05, 4.69) is 20.4 Å². The number of nitrogens with zero attached hydrogens (tertiary/aromatic N) is 3. The molecule has 0 radical (unpaired) electrons. The average molecular weight is 509 g/mol. The monoisotopic (exact) mass is 508 g/mol. The molecule has 0 atom stereocenters. The molecule has 1 N–H and O–H groups in total. The third-order valence-electron chi connectivity index (χ3n) is 4.42. The first-order chi connectivity index (χ1) is 16.2. The molecular weight excluding hydrogens is 496 g/mol. The number of alkyl halides is 3. The van der Waals surface area contributed by atoms with Gasteiger partial charge in [0.05, 0.1) is 5.02 Å². The van der Waals surface area contributed by atoms with Crippen LogP contribution in [0.25, 0.3) is 11.3 Å². The molecule has 174 valence electrons. The van der Waals surface area contributed by atoms with E-state index >= 15 is 0 Å². The van der Waals surface area contributed by atoms with Gasteiger partial charge in [0.25, 0.3) is 0 Å². The Kier molecular flexibility index (Phi) is 6.71. The molecular formula is C22H13Cl2F3N4O3. The molecule has 0 amide bonds. The quantitative estimate of drug-likeness (QED) is 0.295. The van der Waals surface area contributed by atoms with E-state index in [-0.39, 0.29) is 11.7 Å². The van der Waals surface area contributed by atoms with Crippen LogP contribution in [-0.4, -0.2) is 21.1 Å². The van der Waals surface area contributed by atoms with Crippen LogP contribution < -0.4 is 5.32 Å². The fourth-order valence-electron chi connectivity index (χ4n) is 2.88. The molecule has 0 spiro atoms. The predicted octanol–water partition coefficient (Wildman–Crippen LogP) is 6.56. The molecule has 0 unspecified atom stereocenters. The third-order valence-corrected chi connectivity index (χ3v) is 4.97. The molecule has 0 saturated carbocycles. The topological polar surface area (TPSA) is 90.1 Å². The summed E-state index contributed by atoms with van der Waals surface area (Å²) in [7, 11) is 0. The Balaban J connectivity index is 1.50. The van der Waals surface area contributed by atoms with Gasteiger partial charge < -0.3 is 14.6 Å². The Bertz CT molecular complexity index is 1330. The highest BCUT2D eigenvalue weighted by Crippen LogP contribution is 2.32. The number of hydrogen-bond donors (Lipinski definition) is 1. The second kappa shape index (κ2) is 9.70. The molecule has 0 aliphatic carbocycles. The SMILES string of the molecule is O=C(OCc1cc(-c2ccc(Cl)cc2Cl)no1)c1cnc(Nc2ccccc2)nc1C(F)(F)F. The highest BCUT2D eigenvalue weighted by Gasteiger charge is 2.38. The second-order valence-corrected chi connectivity index (χ2v) is 7.67. The number of benzene rings is 2. The van der Waals surface area contributed by atoms with Gasteiger partial charge in [-0.1, -0.05) is 46.6 Å². The number of para-hydroxylation sites is 1. The van der Waals surface area contributed by atoms with Gasteiger partial charge in [-0.3, -0.25) is 0 Å². The lowest BCUT2D eigenvalue weighted by molar-refractivity contribution is -0.141. The van der Waals surface area contributed by atoms with Gasteiger partial charge in [-0.2, -0.15) is 13.2 Å². The summed E-state index contributed by atoms with van der Waals surface area (Å²) in [4.78, 5) is 19.7. The van der Waals surface area contributed by atoms with Crippen molar-refractivity contribution in [1.82, 2.24) is 15.1 Å². The summed E-state index contributed by atoms with van der Waals surface area (Å²) < 4.78 is 50.8. The molecule has 12 heteroatoms. The van der Waals surface area contributed by atoms with Crippen LogP contribution in [0.4, 0.5) is 24.8 Å². The van der Waals surface area contributed by atoms with Gasteiger partial charge in [-0.05, 0) is 30.3 Å². The minimum absolute atomic E-state index is 0.0891. The molecule has 7 nitrogen and oxygen atoms in total. The van der Waals surface area contributed by atoms with Gasteiger partial charge in [0.15, 0.2) is 18.1 Å². The van der Waals surface area contributed by atoms with Gasteiger partial charge in [0.1, 0.15) is 11.3 Å². The molecule has 4 aromatic rings. The average Bonchev–Trinajstić information content (AvgIpc) is 3.26. The number of halogens is 5. The maximum absolute atomic E-state index is 13.6. The van der Waals surface area contributed by atoms with Crippen LogP contribution in [-0.2, 0) is 17.5 Å². The number of anilines is 2. The van der Waals surface area contributed by atoms with Gasteiger partial charge in [0, 0.05) is 28.5 Å². The van der Waals surface area contributed by atoms with Crippen molar-refractivity contribution in [2.75, 3.05) is 5.32 Å². The van der Waals surface area contributed by atoms with Crippen molar-refractivity contribution < 1.29 is 27.2 Å². The van der Waals surface area contributed by atoms with Gasteiger partial charge >= 0.3 is 12.1 Å². The van der Waals surface area contributed by atoms with Crippen LogP contribution in [0.15, 0.2) is 65.3 Å². The largest absolute Gasteiger partial charge is 0.454 e. The molecule has 4 rings (SSSR count).